The van der Waals surface area contributed by atoms with Crippen LogP contribution in [0.1, 0.15) is 39.5 Å². The Morgan fingerprint density at radius 3 is 2.94 bits per heavy atom. The summed E-state index contributed by atoms with van der Waals surface area (Å²) < 4.78 is 0. The smallest absolute Gasteiger partial charge is 0.145 e. The van der Waals surface area contributed by atoms with Gasteiger partial charge in [0.05, 0.1) is 0 Å². The van der Waals surface area contributed by atoms with Crippen molar-refractivity contribution < 1.29 is 9.90 Å². The van der Waals surface area contributed by atoms with E-state index in [9.17, 15) is 9.90 Å². The molecule has 1 N–H and O–H groups in total. The molecule has 2 rings (SSSR count). The van der Waals surface area contributed by atoms with Crippen LogP contribution < -0.4 is 0 Å². The number of allylic oxidation sites excluding steroid dienone is 4. The quantitative estimate of drug-likeness (QED) is 0.589. The van der Waals surface area contributed by atoms with E-state index in [0.717, 1.165) is 37.5 Å². The monoisotopic (exact) mass is 234 g/mol. The first-order valence-corrected chi connectivity index (χ1v) is 6.54. The van der Waals surface area contributed by atoms with Crippen LogP contribution in [0.4, 0.5) is 0 Å². The van der Waals surface area contributed by atoms with E-state index in [1.54, 1.807) is 0 Å². The minimum absolute atomic E-state index is 0.0128. The number of carbonyl (C=O) groups is 1. The van der Waals surface area contributed by atoms with Gasteiger partial charge in [0.1, 0.15) is 6.29 Å². The van der Waals surface area contributed by atoms with Gasteiger partial charge in [0.25, 0.3) is 0 Å². The summed E-state index contributed by atoms with van der Waals surface area (Å²) in [6, 6.07) is 0. The van der Waals surface area contributed by atoms with Gasteiger partial charge in [0, 0.05) is 12.0 Å². The third kappa shape index (κ3) is 2.37. The second-order valence-electron chi connectivity index (χ2n) is 5.78. The number of aliphatic hydroxyl groups is 1. The van der Waals surface area contributed by atoms with Gasteiger partial charge in [-0.15, -0.1) is 0 Å². The fourth-order valence-electron chi connectivity index (χ4n) is 3.12. The number of aldehydes is 1. The molecule has 0 radical (unpaired) electrons. The molecule has 0 bridgehead atoms. The number of carbonyl (C=O) groups excluding carboxylic acids is 1. The van der Waals surface area contributed by atoms with E-state index in [1.807, 2.05) is 0 Å². The summed E-state index contributed by atoms with van der Waals surface area (Å²) in [6.45, 7) is 4.53. The Balaban J connectivity index is 2.20. The zero-order valence-electron chi connectivity index (χ0n) is 10.8. The minimum Gasteiger partial charge on any atom is -0.396 e. The van der Waals surface area contributed by atoms with E-state index < -0.39 is 0 Å². The summed E-state index contributed by atoms with van der Waals surface area (Å²) in [6.07, 6.45) is 9.40. The largest absolute Gasteiger partial charge is 0.396 e. The molecule has 2 nitrogen and oxygen atoms in total. The summed E-state index contributed by atoms with van der Waals surface area (Å²) in [5.41, 5.74) is 2.34. The molecule has 17 heavy (non-hydrogen) atoms. The van der Waals surface area contributed by atoms with Gasteiger partial charge in [-0.3, -0.25) is 4.79 Å². The van der Waals surface area contributed by atoms with Gasteiger partial charge in [0.2, 0.25) is 0 Å². The highest BCUT2D eigenvalue weighted by molar-refractivity contribution is 5.73. The predicted molar refractivity (Wildman–Crippen MR) is 68.5 cm³/mol. The molecule has 94 valence electrons. The molecule has 0 amide bonds. The van der Waals surface area contributed by atoms with Crippen molar-refractivity contribution in [1.29, 1.82) is 0 Å². The van der Waals surface area contributed by atoms with Gasteiger partial charge in [-0.25, -0.2) is 0 Å². The third-order valence-corrected chi connectivity index (χ3v) is 4.59. The lowest BCUT2D eigenvalue weighted by atomic mass is 10.0. The maximum atomic E-state index is 11.0. The highest BCUT2D eigenvalue weighted by Crippen LogP contribution is 2.61. The van der Waals surface area contributed by atoms with Crippen LogP contribution in [0.5, 0.6) is 0 Å². The SMILES string of the molecule is C/C1=C\CC/C(C=O)=C\[C@@H]2[C@@H](CC1)C2(C)CO. The standard InChI is InChI=1S/C15H22O2/c1-11-4-3-5-12(9-16)8-14-13(7-6-11)15(14,2)10-17/h4,8-9,13-14,17H,3,5-7,10H2,1-2H3/b11-4+,12-8+/t13-,14-,15?/m1/s1. The molecule has 0 aromatic heterocycles. The van der Waals surface area contributed by atoms with Crippen molar-refractivity contribution in [2.24, 2.45) is 17.3 Å². The fourth-order valence-corrected chi connectivity index (χ4v) is 3.12. The van der Waals surface area contributed by atoms with E-state index in [2.05, 4.69) is 26.0 Å². The van der Waals surface area contributed by atoms with Gasteiger partial charge in [-0.05, 0) is 50.0 Å². The molecule has 1 fully saturated rings. The maximum absolute atomic E-state index is 11.0. The molecule has 2 aliphatic rings. The molecule has 3 atom stereocenters. The lowest BCUT2D eigenvalue weighted by Gasteiger charge is -2.06. The molecular formula is C15H22O2. The van der Waals surface area contributed by atoms with Crippen molar-refractivity contribution in [2.45, 2.75) is 39.5 Å². The number of aliphatic hydroxyl groups excluding tert-OH is 1. The average Bonchev–Trinajstić information content (AvgIpc) is 2.90. The van der Waals surface area contributed by atoms with Crippen LogP contribution in [0.15, 0.2) is 23.3 Å². The second-order valence-corrected chi connectivity index (χ2v) is 5.78. The number of fused-ring (bicyclic) bond motifs is 1. The molecule has 0 spiro atoms. The van der Waals surface area contributed by atoms with E-state index >= 15 is 0 Å². The fraction of sp³-hybridized carbons (Fsp3) is 0.667. The Kier molecular flexibility index (Phi) is 3.53. The van der Waals surface area contributed by atoms with E-state index in [-0.39, 0.29) is 12.0 Å². The molecule has 1 unspecified atom stereocenters. The number of rotatable bonds is 2. The molecular weight excluding hydrogens is 212 g/mol. The van der Waals surface area contributed by atoms with Crippen LogP contribution in [0, 0.1) is 17.3 Å². The Labute approximate surface area is 103 Å². The van der Waals surface area contributed by atoms with E-state index in [0.29, 0.717) is 11.8 Å². The van der Waals surface area contributed by atoms with E-state index in [1.165, 1.54) is 5.57 Å². The third-order valence-electron chi connectivity index (χ3n) is 4.59. The first kappa shape index (κ1) is 12.6. The Morgan fingerprint density at radius 1 is 1.53 bits per heavy atom. The predicted octanol–water partition coefficient (Wildman–Crippen LogP) is 2.88. The van der Waals surface area contributed by atoms with Gasteiger partial charge in [-0.2, -0.15) is 0 Å². The zero-order chi connectivity index (χ0) is 12.5. The normalized spacial score (nSPS) is 43.7. The molecule has 0 heterocycles. The molecule has 0 saturated heterocycles. The van der Waals surface area contributed by atoms with Gasteiger partial charge in [0.15, 0.2) is 0 Å². The average molecular weight is 234 g/mol. The zero-order valence-corrected chi connectivity index (χ0v) is 10.8. The molecule has 1 saturated carbocycles. The van der Waals surface area contributed by atoms with Crippen LogP contribution >= 0.6 is 0 Å². The summed E-state index contributed by atoms with van der Waals surface area (Å²) in [7, 11) is 0. The first-order chi connectivity index (χ1) is 8.11. The van der Waals surface area contributed by atoms with Crippen LogP contribution in [-0.4, -0.2) is 18.0 Å². The second kappa shape index (κ2) is 4.77. The van der Waals surface area contributed by atoms with Crippen molar-refractivity contribution in [3.05, 3.63) is 23.3 Å². The van der Waals surface area contributed by atoms with Crippen molar-refractivity contribution in [2.75, 3.05) is 6.61 Å². The molecule has 0 aliphatic heterocycles. The van der Waals surface area contributed by atoms with Crippen molar-refractivity contribution in [1.82, 2.24) is 0 Å². The van der Waals surface area contributed by atoms with Gasteiger partial charge >= 0.3 is 0 Å². The van der Waals surface area contributed by atoms with Crippen LogP contribution in [0.3, 0.4) is 0 Å². The topological polar surface area (TPSA) is 37.3 Å². The Bertz CT molecular complexity index is 367. The number of hydrogen-bond acceptors (Lipinski definition) is 2. The van der Waals surface area contributed by atoms with Crippen LogP contribution in [0.2, 0.25) is 0 Å². The van der Waals surface area contributed by atoms with Gasteiger partial charge < -0.3 is 5.11 Å². The maximum Gasteiger partial charge on any atom is 0.145 e. The van der Waals surface area contributed by atoms with Crippen molar-refractivity contribution in [3.8, 4) is 0 Å². The minimum atomic E-state index is 0.0128. The van der Waals surface area contributed by atoms with Crippen molar-refractivity contribution >= 4 is 6.29 Å². The van der Waals surface area contributed by atoms with Gasteiger partial charge in [-0.1, -0.05) is 24.6 Å². The summed E-state index contributed by atoms with van der Waals surface area (Å²) in [5.74, 6) is 0.947. The molecule has 2 aliphatic carbocycles. The lowest BCUT2D eigenvalue weighted by Crippen LogP contribution is -2.05. The molecule has 2 heteroatoms. The lowest BCUT2D eigenvalue weighted by molar-refractivity contribution is -0.105. The highest BCUT2D eigenvalue weighted by atomic mass is 16.3. The Morgan fingerprint density at radius 2 is 2.29 bits per heavy atom. The van der Waals surface area contributed by atoms with E-state index in [4.69, 9.17) is 0 Å². The highest BCUT2D eigenvalue weighted by Gasteiger charge is 2.58. The van der Waals surface area contributed by atoms with Crippen LogP contribution in [-0.2, 0) is 4.79 Å². The summed E-state index contributed by atoms with van der Waals surface area (Å²) >= 11 is 0. The Hall–Kier alpha value is -0.890. The molecule has 0 aromatic rings. The van der Waals surface area contributed by atoms with Crippen molar-refractivity contribution in [3.63, 3.8) is 0 Å². The molecule has 0 aromatic carbocycles. The van der Waals surface area contributed by atoms with Crippen LogP contribution in [0.25, 0.3) is 0 Å². The number of hydrogen-bond donors (Lipinski definition) is 1. The summed E-state index contributed by atoms with van der Waals surface area (Å²) in [5, 5.41) is 9.51. The summed E-state index contributed by atoms with van der Waals surface area (Å²) in [4.78, 5) is 11.0. The first-order valence-electron chi connectivity index (χ1n) is 6.54.